The summed E-state index contributed by atoms with van der Waals surface area (Å²) < 4.78 is 12.6. The fourth-order valence-electron chi connectivity index (χ4n) is 4.84. The maximum absolute atomic E-state index is 11.2. The van der Waals surface area contributed by atoms with Crippen LogP contribution in [-0.2, 0) is 30.7 Å². The minimum absolute atomic E-state index is 0.0293. The van der Waals surface area contributed by atoms with Crippen LogP contribution in [0.2, 0.25) is 0 Å². The summed E-state index contributed by atoms with van der Waals surface area (Å²) in [6.07, 6.45) is 4.05. The molecule has 3 nitrogen and oxygen atoms in total. The molecule has 0 radical (unpaired) electrons. The molecule has 2 aromatic carbocycles. The molecule has 2 aromatic rings. The predicted octanol–water partition coefficient (Wildman–Crippen LogP) is 11.4. The van der Waals surface area contributed by atoms with Crippen molar-refractivity contribution in [1.29, 1.82) is 0 Å². The molecule has 0 saturated carbocycles. The summed E-state index contributed by atoms with van der Waals surface area (Å²) in [6, 6.07) is 13.8. The first-order valence-corrected chi connectivity index (χ1v) is 16.9. The summed E-state index contributed by atoms with van der Waals surface area (Å²) in [5.74, 6) is 0.433. The van der Waals surface area contributed by atoms with E-state index in [2.05, 4.69) is 133 Å². The van der Waals surface area contributed by atoms with E-state index < -0.39 is 14.7 Å². The van der Waals surface area contributed by atoms with Gasteiger partial charge in [-0.25, -0.2) is 0 Å². The second kappa shape index (κ2) is 14.0. The van der Waals surface area contributed by atoms with Crippen LogP contribution >= 0.6 is 8.60 Å². The molecule has 0 heterocycles. The number of unbranched alkanes of at least 4 members (excludes halogenated alkanes) is 1. The molecule has 0 bridgehead atoms. The topological polar surface area (TPSA) is 38.7 Å². The van der Waals surface area contributed by atoms with E-state index in [-0.39, 0.29) is 21.7 Å². The van der Waals surface area contributed by atoms with Crippen LogP contribution in [0.5, 0.6) is 0 Å². The molecule has 1 N–H and O–H groups in total. The maximum atomic E-state index is 11.2. The molecule has 4 heteroatoms. The van der Waals surface area contributed by atoms with Gasteiger partial charge in [-0.05, 0) is 67.4 Å². The predicted molar refractivity (Wildman–Crippen MR) is 179 cm³/mol. The first kappa shape index (κ1) is 35.9. The Bertz CT molecular complexity index is 969. The number of hydrogen-bond donors (Lipinski definition) is 1. The normalized spacial score (nSPS) is 14.9. The number of hydrogen-bond acceptors (Lipinski definition) is 3. The van der Waals surface area contributed by atoms with E-state index in [0.717, 1.165) is 24.0 Å². The quantitative estimate of drug-likeness (QED) is 0.267. The SMILES string of the molecule is CCCCC(CC)COP(O)OC(c1cc(C(C)(C)C)cc(C(C)(C)C)c1)c1cc(C(C)(C)C)cc(C(C)(C)C)c1. The summed E-state index contributed by atoms with van der Waals surface area (Å²) in [4.78, 5) is 11.2. The summed E-state index contributed by atoms with van der Waals surface area (Å²) in [7, 11) is -2.07. The monoisotopic (exact) mass is 584 g/mol. The fourth-order valence-corrected chi connectivity index (χ4v) is 5.66. The minimum Gasteiger partial charge on any atom is -0.328 e. The molecule has 0 saturated heterocycles. The molecule has 232 valence electrons. The zero-order valence-electron chi connectivity index (χ0n) is 28.9. The van der Waals surface area contributed by atoms with Gasteiger partial charge >= 0.3 is 8.60 Å². The van der Waals surface area contributed by atoms with Crippen LogP contribution in [0.1, 0.15) is 162 Å². The lowest BCUT2D eigenvalue weighted by Crippen LogP contribution is -2.20. The van der Waals surface area contributed by atoms with Gasteiger partial charge in [-0.15, -0.1) is 0 Å². The van der Waals surface area contributed by atoms with Crippen molar-refractivity contribution in [2.75, 3.05) is 6.61 Å². The van der Waals surface area contributed by atoms with Crippen LogP contribution in [0.15, 0.2) is 36.4 Å². The van der Waals surface area contributed by atoms with Crippen molar-refractivity contribution >= 4 is 8.60 Å². The zero-order valence-corrected chi connectivity index (χ0v) is 29.8. The van der Waals surface area contributed by atoms with E-state index >= 15 is 0 Å². The van der Waals surface area contributed by atoms with Gasteiger partial charge in [0.15, 0.2) is 0 Å². The molecular formula is C37H61O3P. The van der Waals surface area contributed by atoms with Gasteiger partial charge < -0.3 is 9.42 Å². The van der Waals surface area contributed by atoms with E-state index in [0.29, 0.717) is 12.5 Å². The van der Waals surface area contributed by atoms with E-state index in [1.165, 1.54) is 35.1 Å². The Kier molecular flexibility index (Phi) is 12.3. The first-order chi connectivity index (χ1) is 18.7. The van der Waals surface area contributed by atoms with Crippen LogP contribution in [0.3, 0.4) is 0 Å². The number of rotatable bonds is 11. The third-order valence-corrected chi connectivity index (χ3v) is 8.90. The lowest BCUT2D eigenvalue weighted by molar-refractivity contribution is 0.145. The van der Waals surface area contributed by atoms with E-state index in [9.17, 15) is 4.89 Å². The molecule has 2 rings (SSSR count). The number of benzene rings is 2. The second-order valence-electron chi connectivity index (χ2n) is 16.1. The van der Waals surface area contributed by atoms with Crippen molar-refractivity contribution in [3.63, 3.8) is 0 Å². The molecule has 2 unspecified atom stereocenters. The smallest absolute Gasteiger partial charge is 0.328 e. The molecule has 0 aliphatic carbocycles. The van der Waals surface area contributed by atoms with Crippen molar-refractivity contribution < 1.29 is 13.9 Å². The Balaban J connectivity index is 2.72. The summed E-state index contributed by atoms with van der Waals surface area (Å²) in [6.45, 7) is 32.1. The van der Waals surface area contributed by atoms with Crippen LogP contribution in [0, 0.1) is 5.92 Å². The van der Waals surface area contributed by atoms with Crippen LogP contribution in [0.4, 0.5) is 0 Å². The van der Waals surface area contributed by atoms with Gasteiger partial charge in [0, 0.05) is 0 Å². The molecule has 0 spiro atoms. The second-order valence-corrected chi connectivity index (χ2v) is 17.1. The Morgan fingerprint density at radius 1 is 0.634 bits per heavy atom. The largest absolute Gasteiger partial charge is 0.330 e. The van der Waals surface area contributed by atoms with E-state index in [1.54, 1.807) is 0 Å². The Hall–Kier alpha value is -1.25. The van der Waals surface area contributed by atoms with Crippen molar-refractivity contribution in [3.05, 3.63) is 69.8 Å². The van der Waals surface area contributed by atoms with Gasteiger partial charge in [-0.1, -0.05) is 153 Å². The van der Waals surface area contributed by atoms with Gasteiger partial charge in [0.1, 0.15) is 6.10 Å². The lowest BCUT2D eigenvalue weighted by Gasteiger charge is -2.31. The highest BCUT2D eigenvalue weighted by molar-refractivity contribution is 7.40. The van der Waals surface area contributed by atoms with E-state index in [1.807, 2.05) is 0 Å². The maximum Gasteiger partial charge on any atom is 0.330 e. The van der Waals surface area contributed by atoms with Gasteiger partial charge in [-0.2, -0.15) is 0 Å². The average Bonchev–Trinajstić information content (AvgIpc) is 2.84. The lowest BCUT2D eigenvalue weighted by atomic mass is 9.77. The van der Waals surface area contributed by atoms with Crippen molar-refractivity contribution in [2.24, 2.45) is 5.92 Å². The van der Waals surface area contributed by atoms with Crippen molar-refractivity contribution in [3.8, 4) is 0 Å². The van der Waals surface area contributed by atoms with E-state index in [4.69, 9.17) is 9.05 Å². The Morgan fingerprint density at radius 2 is 1.00 bits per heavy atom. The van der Waals surface area contributed by atoms with Gasteiger partial charge in [-0.3, -0.25) is 4.52 Å². The summed E-state index contributed by atoms with van der Waals surface area (Å²) >= 11 is 0. The molecule has 0 aromatic heterocycles. The highest BCUT2D eigenvalue weighted by Gasteiger charge is 2.29. The molecule has 41 heavy (non-hydrogen) atoms. The molecule has 0 aliphatic rings. The fraction of sp³-hybridized carbons (Fsp3) is 0.676. The third kappa shape index (κ3) is 10.8. The van der Waals surface area contributed by atoms with Crippen molar-refractivity contribution in [2.45, 2.75) is 150 Å². The summed E-state index contributed by atoms with van der Waals surface area (Å²) in [5, 5.41) is 0. The molecular weight excluding hydrogens is 523 g/mol. The van der Waals surface area contributed by atoms with Gasteiger partial charge in [0.25, 0.3) is 0 Å². The standard InChI is InChI=1S/C37H61O3P/c1-15-17-18-26(16-2)25-39-41(38)40-33(27-19-29(34(3,4)5)23-30(20-27)35(6,7)8)28-21-31(36(9,10)11)24-32(22-28)37(12,13)14/h19-24,26,33,38H,15-18,25H2,1-14H3. The highest BCUT2D eigenvalue weighted by Crippen LogP contribution is 2.46. The Morgan fingerprint density at radius 3 is 1.29 bits per heavy atom. The molecule has 2 atom stereocenters. The zero-order chi connectivity index (χ0) is 31.4. The average molecular weight is 585 g/mol. The van der Waals surface area contributed by atoms with Crippen LogP contribution in [0.25, 0.3) is 0 Å². The van der Waals surface area contributed by atoms with Gasteiger partial charge in [0.05, 0.1) is 6.61 Å². The summed E-state index contributed by atoms with van der Waals surface area (Å²) in [5.41, 5.74) is 7.09. The molecule has 0 fully saturated rings. The minimum atomic E-state index is -2.07. The van der Waals surface area contributed by atoms with Gasteiger partial charge in [0.2, 0.25) is 0 Å². The van der Waals surface area contributed by atoms with Crippen LogP contribution in [-0.4, -0.2) is 11.5 Å². The van der Waals surface area contributed by atoms with Crippen LogP contribution < -0.4 is 0 Å². The molecule has 0 amide bonds. The highest BCUT2D eigenvalue weighted by atomic mass is 31.2. The first-order valence-electron chi connectivity index (χ1n) is 15.8. The Labute approximate surface area is 254 Å². The molecule has 0 aliphatic heterocycles. The van der Waals surface area contributed by atoms with Crippen molar-refractivity contribution in [1.82, 2.24) is 0 Å². The third-order valence-electron chi connectivity index (χ3n) is 8.14.